The summed E-state index contributed by atoms with van der Waals surface area (Å²) in [6.45, 7) is 14.0. The van der Waals surface area contributed by atoms with Gasteiger partial charge in [0.1, 0.15) is 0 Å². The molecule has 0 nitrogen and oxygen atoms in total. The van der Waals surface area contributed by atoms with Gasteiger partial charge < -0.3 is 0 Å². The van der Waals surface area contributed by atoms with Gasteiger partial charge in [-0.25, -0.2) is 0 Å². The van der Waals surface area contributed by atoms with Crippen LogP contribution in [0.1, 0.15) is 71.6 Å². The average Bonchev–Trinajstić information content (AvgIpc) is 3.61. The molecule has 220 valence electrons. The summed E-state index contributed by atoms with van der Waals surface area (Å²) in [6.07, 6.45) is 13.0. The summed E-state index contributed by atoms with van der Waals surface area (Å²) in [6, 6.07) is 29.8. The molecule has 0 spiro atoms. The van der Waals surface area contributed by atoms with Gasteiger partial charge in [0, 0.05) is 0 Å². The monoisotopic (exact) mass is 748 g/mol. The summed E-state index contributed by atoms with van der Waals surface area (Å²) in [5.41, 5.74) is 16.4. The number of aryl methyl sites for hydroxylation is 4. The predicted octanol–water partition coefficient (Wildman–Crippen LogP) is 12.3. The van der Waals surface area contributed by atoms with Crippen LogP contribution in [0.3, 0.4) is 0 Å². The van der Waals surface area contributed by atoms with Crippen LogP contribution in [0.25, 0.3) is 34.4 Å². The molecular weight excluding hydrogens is 699 g/mol. The van der Waals surface area contributed by atoms with E-state index in [1.54, 1.807) is 11.1 Å². The molecule has 2 heteroatoms. The van der Waals surface area contributed by atoms with Crippen LogP contribution in [0.2, 0.25) is 22.0 Å². The third-order valence-electron chi connectivity index (χ3n) is 11.1. The van der Waals surface area contributed by atoms with Crippen molar-refractivity contribution in [1.82, 2.24) is 0 Å². The summed E-state index contributed by atoms with van der Waals surface area (Å²) in [5.74, 6) is 0. The first-order valence-corrected chi connectivity index (χ1v) is 35.3. The van der Waals surface area contributed by atoms with E-state index >= 15 is 0 Å². The minimum atomic E-state index is -3.80. The van der Waals surface area contributed by atoms with Crippen LogP contribution in [-0.2, 0) is 17.1 Å². The molecule has 6 rings (SSSR count). The van der Waals surface area contributed by atoms with Crippen molar-refractivity contribution in [3.63, 3.8) is 0 Å². The zero-order chi connectivity index (χ0) is 30.5. The Labute approximate surface area is 261 Å². The average molecular weight is 747 g/mol. The molecule has 43 heavy (non-hydrogen) atoms. The number of unbranched alkanes of at least 4 members (excludes halogenated alkanes) is 1. The van der Waals surface area contributed by atoms with Gasteiger partial charge in [-0.05, 0) is 0 Å². The summed E-state index contributed by atoms with van der Waals surface area (Å²) in [4.78, 5) is 0. The molecule has 0 N–H and O–H groups in total. The number of allylic oxidation sites excluding steroid dienone is 2. The number of benzene rings is 4. The molecule has 0 saturated heterocycles. The van der Waals surface area contributed by atoms with Crippen molar-refractivity contribution in [2.24, 2.45) is 0 Å². The van der Waals surface area contributed by atoms with Gasteiger partial charge in [-0.3, -0.25) is 0 Å². The van der Waals surface area contributed by atoms with E-state index in [4.69, 9.17) is 0 Å². The van der Waals surface area contributed by atoms with Crippen molar-refractivity contribution in [2.45, 2.75) is 76.8 Å². The van der Waals surface area contributed by atoms with Gasteiger partial charge in [0.15, 0.2) is 0 Å². The molecule has 2 atom stereocenters. The summed E-state index contributed by atoms with van der Waals surface area (Å²) < 4.78 is 6.89. The molecule has 0 saturated carbocycles. The van der Waals surface area contributed by atoms with E-state index in [0.29, 0.717) is 7.35 Å². The topological polar surface area (TPSA) is 0 Å². The molecule has 0 aromatic heterocycles. The molecule has 0 aliphatic heterocycles. The van der Waals surface area contributed by atoms with E-state index in [0.717, 1.165) is 0 Å². The zero-order valence-corrected chi connectivity index (χ0v) is 32.1. The normalized spacial score (nSPS) is 17.3. The number of hydrogen-bond acceptors (Lipinski definition) is 0. The number of fused-ring (bicyclic) bond motifs is 2. The van der Waals surface area contributed by atoms with Gasteiger partial charge in [0.25, 0.3) is 0 Å². The first-order chi connectivity index (χ1) is 20.5. The van der Waals surface area contributed by atoms with Crippen LogP contribution in [0, 0.1) is 27.7 Å². The van der Waals surface area contributed by atoms with Gasteiger partial charge in [-0.1, -0.05) is 0 Å². The molecule has 0 bridgehead atoms. The van der Waals surface area contributed by atoms with Crippen LogP contribution in [0.5, 0.6) is 0 Å². The maximum absolute atomic E-state index is 3.80. The molecule has 2 unspecified atom stereocenters. The van der Waals surface area contributed by atoms with E-state index in [2.05, 4.69) is 148 Å². The van der Waals surface area contributed by atoms with Gasteiger partial charge in [-0.2, -0.15) is 0 Å². The fraction of sp³-hybridized carbons (Fsp3) is 0.317. The molecule has 0 amide bonds. The Morgan fingerprint density at radius 2 is 1.05 bits per heavy atom. The van der Waals surface area contributed by atoms with Crippen molar-refractivity contribution in [3.05, 3.63) is 129 Å². The van der Waals surface area contributed by atoms with Crippen molar-refractivity contribution in [2.75, 3.05) is 0 Å². The Bertz CT molecular complexity index is 1710. The first kappa shape index (κ1) is 30.5. The number of rotatable bonds is 7. The fourth-order valence-corrected chi connectivity index (χ4v) is 52.3. The quantitative estimate of drug-likeness (QED) is 0.165. The Balaban J connectivity index is 1.54. The van der Waals surface area contributed by atoms with Gasteiger partial charge in [0.05, 0.1) is 0 Å². The Morgan fingerprint density at radius 3 is 1.44 bits per heavy atom. The molecule has 0 fully saturated rings. The number of hydrogen-bond donors (Lipinski definition) is 0. The fourth-order valence-electron chi connectivity index (χ4n) is 8.55. The summed E-state index contributed by atoms with van der Waals surface area (Å²) in [7, 11) is 0. The maximum atomic E-state index is 2.88. The van der Waals surface area contributed by atoms with E-state index < -0.39 is 22.6 Å². The molecule has 4 aromatic rings. The SMILES string of the molecule is CCCC[Si](C)=[Hf]([CH3])([CH3])([CH]1C=Cc2c(-c3cc(C)cc(C)c3)cccc21)[CH]1C=Cc2c(-c3cc(C)cc(C)c3)cccc21. The summed E-state index contributed by atoms with van der Waals surface area (Å²) in [5, 5.41) is 0. The Hall–Kier alpha value is -2.55. The Morgan fingerprint density at radius 1 is 0.628 bits per heavy atom. The van der Waals surface area contributed by atoms with Crippen molar-refractivity contribution < 1.29 is 17.1 Å². The van der Waals surface area contributed by atoms with Crippen LogP contribution in [-0.4, -0.2) is 5.49 Å². The van der Waals surface area contributed by atoms with E-state index in [9.17, 15) is 0 Å². The van der Waals surface area contributed by atoms with Gasteiger partial charge in [-0.15, -0.1) is 0 Å². The van der Waals surface area contributed by atoms with Crippen LogP contribution in [0.15, 0.2) is 84.9 Å². The van der Waals surface area contributed by atoms with Gasteiger partial charge >= 0.3 is 263 Å². The van der Waals surface area contributed by atoms with Crippen molar-refractivity contribution in [1.29, 1.82) is 0 Å². The zero-order valence-electron chi connectivity index (χ0n) is 27.5. The van der Waals surface area contributed by atoms with Crippen LogP contribution >= 0.6 is 0 Å². The molecule has 4 aromatic carbocycles. The molecule has 0 radical (unpaired) electrons. The second kappa shape index (κ2) is 11.4. The van der Waals surface area contributed by atoms with Crippen molar-refractivity contribution in [3.8, 4) is 22.3 Å². The second-order valence-corrected chi connectivity index (χ2v) is 61.9. The van der Waals surface area contributed by atoms with E-state index in [1.165, 1.54) is 74.5 Å². The second-order valence-electron chi connectivity index (χ2n) is 14.5. The predicted molar refractivity (Wildman–Crippen MR) is 189 cm³/mol. The van der Waals surface area contributed by atoms with E-state index in [-0.39, 0.29) is 0 Å². The standard InChI is InChI=1S/2C17H15.C5H12Si.2CH3.Hf/c2*1-12-9-13(2)11-15(10-12)17-8-4-6-14-5-3-7-16(14)17;1-3-4-5-6-2;;;/h2*3-11H,1-2H3;3-5H2,1-2H3;2*1H3;. The molecular formula is C41H48HfSi. The van der Waals surface area contributed by atoms with Gasteiger partial charge in [0.2, 0.25) is 0 Å². The first-order valence-electron chi connectivity index (χ1n) is 16.3. The third-order valence-corrected chi connectivity index (χ3v) is 69.1. The van der Waals surface area contributed by atoms with E-state index in [1.807, 2.05) is 0 Å². The van der Waals surface area contributed by atoms with Crippen molar-refractivity contribution >= 4 is 17.6 Å². The minimum absolute atomic E-state index is 0.569. The third kappa shape index (κ3) is 5.17. The molecule has 0 heterocycles. The van der Waals surface area contributed by atoms with Crippen LogP contribution in [0.4, 0.5) is 0 Å². The molecule has 2 aliphatic carbocycles. The summed E-state index contributed by atoms with van der Waals surface area (Å²) >= 11 is -3.80. The Kier molecular flexibility index (Phi) is 8.09. The molecule has 2 aliphatic rings. The van der Waals surface area contributed by atoms with Crippen LogP contribution < -0.4 is 0 Å².